The molecule has 2 aromatic heterocycles. The van der Waals surface area contributed by atoms with Gasteiger partial charge in [-0.15, -0.1) is 59.0 Å². The Hall–Kier alpha value is 5.84. The van der Waals surface area contributed by atoms with E-state index < -0.39 is 31.6 Å². The molecule has 117 heavy (non-hydrogen) atoms. The van der Waals surface area contributed by atoms with Crippen molar-refractivity contribution in [2.45, 2.75) is 373 Å². The summed E-state index contributed by atoms with van der Waals surface area (Å²) in [4.78, 5) is 3.52. The Morgan fingerprint density at radius 2 is 0.863 bits per heavy atom. The fourth-order valence-electron chi connectivity index (χ4n) is 9.81. The van der Waals surface area contributed by atoms with Gasteiger partial charge in [0, 0.05) is 119 Å². The number of aryl methyl sites for hydroxylation is 4. The summed E-state index contributed by atoms with van der Waals surface area (Å²) >= 11 is 28.5. The molecule has 0 bridgehead atoms. The van der Waals surface area contributed by atoms with E-state index in [9.17, 15) is 0 Å². The number of alkyl halides is 1. The van der Waals surface area contributed by atoms with Crippen LogP contribution in [0.2, 0.25) is 78.6 Å². The van der Waals surface area contributed by atoms with Gasteiger partial charge in [0.2, 0.25) is 0 Å². The Morgan fingerprint density at radius 3 is 1.15 bits per heavy atom. The van der Waals surface area contributed by atoms with Crippen LogP contribution in [0, 0.1) is 61.5 Å². The Kier molecular flexibility index (Phi) is 132. The van der Waals surface area contributed by atoms with Crippen LogP contribution in [0.5, 0.6) is 0 Å². The topological polar surface area (TPSA) is 80.9 Å². The minimum atomic E-state index is -1.14. The Labute approximate surface area is 904 Å². The van der Waals surface area contributed by atoms with Gasteiger partial charge in [0.15, 0.2) is 0 Å². The number of rotatable bonds is 13. The van der Waals surface area contributed by atoms with E-state index in [1.165, 1.54) is 205 Å². The average Bonchev–Trinajstić information content (AvgIpc) is 0.974. The van der Waals surface area contributed by atoms with Crippen molar-refractivity contribution in [1.29, 1.82) is 0 Å². The fraction of sp³-hybridized carbons (Fsp3) is 0.663. The van der Waals surface area contributed by atoms with Gasteiger partial charge < -0.3 is 44.2 Å². The predicted molar refractivity (Wildman–Crippen MR) is 607 cm³/mol. The number of allylic oxidation sites excluding steroid dienone is 5. The van der Waals surface area contributed by atoms with Crippen molar-refractivity contribution in [3.05, 3.63) is 123 Å². The summed E-state index contributed by atoms with van der Waals surface area (Å²) in [7, 11) is -4.53. The first kappa shape index (κ1) is 151. The molecular formula is C92H165Cl2I7LiNNa2O4S3Si4Ti. The van der Waals surface area contributed by atoms with E-state index in [2.05, 4.69) is 367 Å². The molecule has 7 rings (SSSR count). The van der Waals surface area contributed by atoms with Crippen molar-refractivity contribution in [2.75, 3.05) is 24.6 Å². The summed E-state index contributed by atoms with van der Waals surface area (Å²) in [5.74, 6) is 11.7. The summed E-state index contributed by atoms with van der Waals surface area (Å²) in [5.41, 5.74) is 21.3. The molecule has 0 radical (unpaired) electrons. The second-order valence-corrected chi connectivity index (χ2v) is 61.3. The van der Waals surface area contributed by atoms with Crippen molar-refractivity contribution >= 4 is 273 Å². The van der Waals surface area contributed by atoms with E-state index in [1.54, 1.807) is 108 Å². The maximum Gasteiger partial charge on any atom is 0 e. The average molecular weight is 2620 g/mol. The molecule has 4 aliphatic rings. The van der Waals surface area contributed by atoms with Crippen LogP contribution in [0.15, 0.2) is 83.7 Å². The zero-order valence-corrected chi connectivity index (χ0v) is 108. The van der Waals surface area contributed by atoms with Crippen LogP contribution in [0.1, 0.15) is 264 Å². The van der Waals surface area contributed by atoms with Crippen molar-refractivity contribution < 1.29 is 77.9 Å². The molecule has 25 heteroatoms. The standard InChI is InChI=1S/C14H26Si2.C13H22N.C12H20I2Si.C9H12S.C8H10I2.C8H10S.C8H10.C4H9.C3H9ClSi.4C3H8O.CH3I.ClH.I2.Li.2Na.H2S.Ti/c1-15(2,3)13-11-9-7-8-10-12-14-16(4,5)6;1-4-14(5-2,6-3)12-13-10-8-7-9-11-13;1-9(13)10-7-5-6-8-11(10)12(14)15(2,3)4;1-7-9-5-3-2-4-8(9)6-10-7;9-5-7-3-1-2-4-8(7)6-10;1-2-4-8-6-9-5-7(8)3-1;1-3-5-7-8-6-4-2;1-3-4-2;1-5(2,3)4;4*1-3(2)4;1-2;;1-2;;;;;/h7-10H2,1-6H3;7-11H,4-6,12H2,1-3H3;5-8H2,1-4H3;6H,2-5H2,1H3;5-6H,1-4H2;5-6H,1-4H2;1-2H,5-8H2;1,3-4H2,2H3;1-3H3;4*3-4H,1-2H3;1H3;1H;;;;;1H2;/q;+1;;;;;;-1;;;;;;;;;+1;;;;/p-1/b;;10-9-,12-11+;;7-5-,8-6-;;;;;;;;;;;;;;;;. The molecule has 0 unspecified atom stereocenters. The summed E-state index contributed by atoms with van der Waals surface area (Å²) < 4.78 is 8.85. The molecule has 4 aliphatic carbocycles. The minimum absolute atomic E-state index is 0. The molecule has 2 saturated carbocycles. The van der Waals surface area contributed by atoms with E-state index in [-0.39, 0.29) is 90.9 Å². The molecule has 4 N–H and O–H groups in total. The van der Waals surface area contributed by atoms with Crippen molar-refractivity contribution in [2.24, 2.45) is 0 Å². The Morgan fingerprint density at radius 1 is 0.564 bits per heavy atom. The number of terminal acetylenes is 2. The number of aliphatic hydroxyl groups is 4. The summed E-state index contributed by atoms with van der Waals surface area (Å²) in [5, 5.41) is 39.2. The van der Waals surface area contributed by atoms with E-state index in [0.29, 0.717) is 0 Å². The van der Waals surface area contributed by atoms with Gasteiger partial charge >= 0.3 is 62.5 Å². The SMILES string of the molecule is C#CCCCCC#C.C/C(I)=C1\CCCC\C1=C(\I)[Si](C)(C)C.CC(C)O.CC(C)O.CC(C)O.CC(C)O.CC[N+](CC)(CC)Cc1ccccc1.CI.C[Si](C)(C)C#CCCCCC#C[Si](C)(C)C.C[Si](C)(C)Cl.Cc1scc2c1CCCC2.I/C=C1/CCCC/C1=C/I.II.S.[CH2-]CCC.[Cl-].[Li+].[Na][Na].[Ti].c1scc2c1CCCC2. The van der Waals surface area contributed by atoms with E-state index >= 15 is 0 Å². The molecule has 0 saturated heterocycles. The number of aliphatic hydroxyl groups excluding tert-OH is 4. The van der Waals surface area contributed by atoms with Gasteiger partial charge in [-0.05, 0) is 322 Å². The van der Waals surface area contributed by atoms with Crippen molar-refractivity contribution in [3.63, 3.8) is 0 Å². The predicted octanol–water partition coefficient (Wildman–Crippen LogP) is 26.2. The van der Waals surface area contributed by atoms with Gasteiger partial charge in [-0.2, -0.15) is 42.3 Å². The summed E-state index contributed by atoms with van der Waals surface area (Å²) in [6.45, 7) is 63.1. The van der Waals surface area contributed by atoms with Crippen molar-refractivity contribution in [3.8, 4) is 47.6 Å². The monoisotopic (exact) mass is 2620 g/mol. The molecule has 5 nitrogen and oxygen atoms in total. The van der Waals surface area contributed by atoms with Crippen LogP contribution in [0.4, 0.5) is 0 Å². The van der Waals surface area contributed by atoms with Crippen LogP contribution < -0.4 is 31.3 Å². The van der Waals surface area contributed by atoms with Gasteiger partial charge in [-0.1, -0.05) is 213 Å². The first-order valence-corrected chi connectivity index (χ1v) is 79.6. The third kappa shape index (κ3) is 114. The fourth-order valence-corrected chi connectivity index (χ4v) is 16.8. The molecule has 0 atom stereocenters. The minimum Gasteiger partial charge on any atom is -0.152 e. The Bertz CT molecular complexity index is 2890. The van der Waals surface area contributed by atoms with Crippen LogP contribution in [-0.2, 0) is 53.9 Å². The number of halogens is 9. The van der Waals surface area contributed by atoms with Crippen molar-refractivity contribution in [1.82, 2.24) is 0 Å². The number of fused-ring (bicyclic) bond motifs is 2. The molecule has 0 aliphatic heterocycles. The molecule has 0 spiro atoms. The van der Waals surface area contributed by atoms with Gasteiger partial charge in [-0.3, -0.25) is 0 Å². The number of unbranched alkanes of at least 4 members (excludes halogenated alkanes) is 7. The Balaban J connectivity index is -0.0000000926. The molecule has 0 amide bonds. The van der Waals surface area contributed by atoms with Crippen LogP contribution in [-0.4, -0.2) is 149 Å². The first-order valence-electron chi connectivity index (χ1n) is 41.7. The van der Waals surface area contributed by atoms with E-state index in [0.717, 1.165) is 44.9 Å². The maximum absolute atomic E-state index is 8.06. The van der Waals surface area contributed by atoms with Gasteiger partial charge in [-0.25, -0.2) is 0 Å². The number of hydrogen-bond donors (Lipinski definition) is 4. The summed E-state index contributed by atoms with van der Waals surface area (Å²) in [6.07, 6.45) is 41.7. The molecule has 3 aromatic rings. The molecule has 2 heterocycles. The van der Waals surface area contributed by atoms with Gasteiger partial charge in [0.25, 0.3) is 0 Å². The first-order chi connectivity index (χ1) is 52.8. The smallest absolute Gasteiger partial charge is 0 e. The largest absolute Gasteiger partial charge is 0.152 e. The molecular weight excluding hydrogens is 2450 g/mol. The normalized spacial score (nSPS) is 14.0. The number of thiophene rings is 2. The quantitative estimate of drug-likeness (QED) is 0.0201. The van der Waals surface area contributed by atoms with Crippen LogP contribution in [0.3, 0.4) is 0 Å². The summed E-state index contributed by atoms with van der Waals surface area (Å²) in [6, 6.07) is 10.8. The molecule has 2 fully saturated rings. The number of hydrogen-bond acceptors (Lipinski definition) is 6. The number of quaternary nitrogens is 1. The van der Waals surface area contributed by atoms with Crippen LogP contribution in [0.25, 0.3) is 0 Å². The zero-order chi connectivity index (χ0) is 89.7. The zero-order valence-electron chi connectivity index (χ0n) is 79.6. The van der Waals surface area contributed by atoms with Gasteiger partial charge in [0.1, 0.15) is 30.1 Å². The second kappa shape index (κ2) is 102. The second-order valence-electron chi connectivity index (χ2n) is 32.5. The number of benzene rings is 1. The van der Waals surface area contributed by atoms with E-state index in [1.807, 2.05) is 27.6 Å². The molecule has 1 aromatic carbocycles. The van der Waals surface area contributed by atoms with Gasteiger partial charge in [0.05, 0.1) is 27.7 Å². The molecule has 666 valence electrons. The van der Waals surface area contributed by atoms with E-state index in [4.69, 9.17) is 44.4 Å². The maximum atomic E-state index is 8.06. The third-order valence-corrected chi connectivity index (χ3v) is 28.3. The number of nitrogens with zero attached hydrogens (tertiary/aromatic N) is 1. The van der Waals surface area contributed by atoms with Crippen LogP contribution >= 0.6 is 197 Å². The third-order valence-electron chi connectivity index (χ3n) is 15.3.